The van der Waals surface area contributed by atoms with Crippen LogP contribution in [0.3, 0.4) is 0 Å². The van der Waals surface area contributed by atoms with Gasteiger partial charge in [0.25, 0.3) is 0 Å². The summed E-state index contributed by atoms with van der Waals surface area (Å²) < 4.78 is 22.8. The van der Waals surface area contributed by atoms with E-state index < -0.39 is 9.84 Å². The molecule has 0 aliphatic carbocycles. The molecule has 1 heterocycles. The van der Waals surface area contributed by atoms with Gasteiger partial charge in [-0.1, -0.05) is 24.4 Å². The minimum Gasteiger partial charge on any atom is -0.389 e. The highest BCUT2D eigenvalue weighted by Gasteiger charge is 2.08. The Balaban J connectivity index is 2.12. The van der Waals surface area contributed by atoms with Crippen LogP contribution >= 0.6 is 12.2 Å². The Labute approximate surface area is 128 Å². The molecule has 0 bridgehead atoms. The summed E-state index contributed by atoms with van der Waals surface area (Å²) >= 11 is 4.94. The molecule has 0 saturated heterocycles. The van der Waals surface area contributed by atoms with Crippen molar-refractivity contribution in [3.05, 3.63) is 47.7 Å². The number of hydrogen-bond donors (Lipinski definition) is 2. The minimum atomic E-state index is -3.18. The molecule has 0 aliphatic heterocycles. The summed E-state index contributed by atoms with van der Waals surface area (Å²) in [6.45, 7) is 0.457. The number of rotatable bonds is 5. The van der Waals surface area contributed by atoms with E-state index in [0.717, 1.165) is 5.56 Å². The summed E-state index contributed by atoms with van der Waals surface area (Å²) in [4.78, 5) is 0.523. The molecular weight excluding hydrogens is 308 g/mol. The Bertz CT molecular complexity index is 758. The van der Waals surface area contributed by atoms with Crippen molar-refractivity contribution < 1.29 is 8.42 Å². The van der Waals surface area contributed by atoms with Crippen molar-refractivity contribution in [1.82, 2.24) is 10.2 Å². The largest absolute Gasteiger partial charge is 0.389 e. The number of aromatic nitrogens is 2. The highest BCUT2D eigenvalue weighted by Crippen LogP contribution is 2.14. The highest BCUT2D eigenvalue weighted by atomic mass is 32.2. The molecule has 6 nitrogen and oxygen atoms in total. The van der Waals surface area contributed by atoms with Crippen molar-refractivity contribution >= 4 is 32.9 Å². The summed E-state index contributed by atoms with van der Waals surface area (Å²) in [7, 11) is -3.18. The van der Waals surface area contributed by atoms with E-state index in [2.05, 4.69) is 15.5 Å². The van der Waals surface area contributed by atoms with E-state index in [4.69, 9.17) is 18.0 Å². The number of nitrogens with one attached hydrogen (secondary N) is 1. The summed E-state index contributed by atoms with van der Waals surface area (Å²) in [5, 5.41) is 10.8. The second-order valence-electron chi connectivity index (χ2n) is 4.43. The van der Waals surface area contributed by atoms with Gasteiger partial charge in [0.1, 0.15) is 4.99 Å². The first-order valence-electron chi connectivity index (χ1n) is 6.02. The zero-order valence-corrected chi connectivity index (χ0v) is 12.9. The Morgan fingerprint density at radius 2 is 1.95 bits per heavy atom. The number of hydrogen-bond acceptors (Lipinski definition) is 6. The van der Waals surface area contributed by atoms with Crippen LogP contribution in [0.2, 0.25) is 0 Å². The predicted octanol–water partition coefficient (Wildman–Crippen LogP) is 1.13. The average Bonchev–Trinajstić information content (AvgIpc) is 2.45. The first-order chi connectivity index (χ1) is 9.88. The van der Waals surface area contributed by atoms with Gasteiger partial charge >= 0.3 is 0 Å². The molecule has 0 atom stereocenters. The molecule has 110 valence electrons. The van der Waals surface area contributed by atoms with Crippen LogP contribution in [-0.4, -0.2) is 29.9 Å². The minimum absolute atomic E-state index is 0.236. The molecule has 0 radical (unpaired) electrons. The van der Waals surface area contributed by atoms with E-state index in [0.29, 0.717) is 17.9 Å². The SMILES string of the molecule is CS(=O)(=O)c1ccc(CNc2nnccc2C(N)=S)cc1. The van der Waals surface area contributed by atoms with Crippen LogP contribution in [0.5, 0.6) is 0 Å². The second-order valence-corrected chi connectivity index (χ2v) is 6.88. The Morgan fingerprint density at radius 1 is 1.29 bits per heavy atom. The van der Waals surface area contributed by atoms with Gasteiger partial charge < -0.3 is 11.1 Å². The lowest BCUT2D eigenvalue weighted by molar-refractivity contribution is 0.602. The van der Waals surface area contributed by atoms with Crippen LogP contribution in [0, 0.1) is 0 Å². The number of nitrogens with zero attached hydrogens (tertiary/aromatic N) is 2. The van der Waals surface area contributed by atoms with E-state index >= 15 is 0 Å². The molecule has 0 fully saturated rings. The number of sulfone groups is 1. The van der Waals surface area contributed by atoms with Crippen molar-refractivity contribution in [3.63, 3.8) is 0 Å². The number of thiocarbonyl (C=S) groups is 1. The van der Waals surface area contributed by atoms with Gasteiger partial charge in [0.15, 0.2) is 15.7 Å². The summed E-state index contributed by atoms with van der Waals surface area (Å²) in [6, 6.07) is 8.29. The first kappa shape index (κ1) is 15.3. The van der Waals surface area contributed by atoms with Crippen LogP contribution in [0.25, 0.3) is 0 Å². The maximum Gasteiger partial charge on any atom is 0.175 e. The normalized spacial score (nSPS) is 11.1. The van der Waals surface area contributed by atoms with Crippen LogP contribution in [-0.2, 0) is 16.4 Å². The third-order valence-corrected chi connectivity index (χ3v) is 4.15. The lowest BCUT2D eigenvalue weighted by Gasteiger charge is -2.09. The second kappa shape index (κ2) is 6.15. The number of anilines is 1. The highest BCUT2D eigenvalue weighted by molar-refractivity contribution is 7.90. The molecule has 21 heavy (non-hydrogen) atoms. The lowest BCUT2D eigenvalue weighted by atomic mass is 10.2. The topological polar surface area (TPSA) is 98.0 Å². The van der Waals surface area contributed by atoms with E-state index in [9.17, 15) is 8.42 Å². The van der Waals surface area contributed by atoms with E-state index in [1.807, 2.05) is 0 Å². The zero-order valence-electron chi connectivity index (χ0n) is 11.3. The van der Waals surface area contributed by atoms with Gasteiger partial charge in [0.05, 0.1) is 16.7 Å². The zero-order chi connectivity index (χ0) is 15.5. The fraction of sp³-hybridized carbons (Fsp3) is 0.154. The van der Waals surface area contributed by atoms with Crippen molar-refractivity contribution in [3.8, 4) is 0 Å². The lowest BCUT2D eigenvalue weighted by Crippen LogP contribution is -2.15. The predicted molar refractivity (Wildman–Crippen MR) is 84.8 cm³/mol. The van der Waals surface area contributed by atoms with Crippen LogP contribution in [0.15, 0.2) is 41.4 Å². The van der Waals surface area contributed by atoms with E-state index in [-0.39, 0.29) is 9.88 Å². The van der Waals surface area contributed by atoms with Crippen LogP contribution in [0.4, 0.5) is 5.82 Å². The molecule has 0 spiro atoms. The van der Waals surface area contributed by atoms with Crippen LogP contribution in [0.1, 0.15) is 11.1 Å². The number of benzene rings is 1. The maximum absolute atomic E-state index is 11.4. The first-order valence-corrected chi connectivity index (χ1v) is 8.32. The fourth-order valence-electron chi connectivity index (χ4n) is 1.70. The van der Waals surface area contributed by atoms with Gasteiger partial charge in [-0.25, -0.2) is 8.42 Å². The third-order valence-electron chi connectivity index (χ3n) is 2.80. The Hall–Kier alpha value is -2.06. The van der Waals surface area contributed by atoms with Gasteiger partial charge in [-0.15, -0.1) is 5.10 Å². The molecule has 1 aromatic heterocycles. The average molecular weight is 322 g/mol. The molecule has 3 N–H and O–H groups in total. The molecule has 0 saturated carbocycles. The molecular formula is C13H14N4O2S2. The van der Waals surface area contributed by atoms with E-state index in [1.54, 1.807) is 30.3 Å². The smallest absolute Gasteiger partial charge is 0.175 e. The summed E-state index contributed by atoms with van der Waals surface area (Å²) in [5.74, 6) is 0.497. The monoisotopic (exact) mass is 322 g/mol. The quantitative estimate of drug-likeness (QED) is 0.796. The standard InChI is InChI=1S/C13H14N4O2S2/c1-21(18,19)10-4-2-9(3-5-10)8-15-13-11(12(14)20)6-7-16-17-13/h2-7H,8H2,1H3,(H2,14,20)(H,15,17). The van der Waals surface area contributed by atoms with Crippen molar-refractivity contribution in [2.45, 2.75) is 11.4 Å². The summed E-state index contributed by atoms with van der Waals surface area (Å²) in [6.07, 6.45) is 2.69. The van der Waals surface area contributed by atoms with Crippen molar-refractivity contribution in [1.29, 1.82) is 0 Å². The van der Waals surface area contributed by atoms with Crippen LogP contribution < -0.4 is 11.1 Å². The van der Waals surface area contributed by atoms with E-state index in [1.165, 1.54) is 12.5 Å². The summed E-state index contributed by atoms with van der Waals surface area (Å²) in [5.41, 5.74) is 7.13. The van der Waals surface area contributed by atoms with Gasteiger partial charge in [-0.05, 0) is 23.8 Å². The Kier molecular flexibility index (Phi) is 4.49. The van der Waals surface area contributed by atoms with Crippen molar-refractivity contribution in [2.24, 2.45) is 5.73 Å². The van der Waals surface area contributed by atoms with Gasteiger partial charge in [0, 0.05) is 12.8 Å². The fourth-order valence-corrected chi connectivity index (χ4v) is 2.50. The molecule has 2 aromatic rings. The van der Waals surface area contributed by atoms with Gasteiger partial charge in [0.2, 0.25) is 0 Å². The van der Waals surface area contributed by atoms with Gasteiger partial charge in [-0.2, -0.15) is 5.10 Å². The molecule has 2 rings (SSSR count). The molecule has 0 aliphatic rings. The molecule has 0 amide bonds. The van der Waals surface area contributed by atoms with Gasteiger partial charge in [-0.3, -0.25) is 0 Å². The molecule has 8 heteroatoms. The molecule has 1 aromatic carbocycles. The third kappa shape index (κ3) is 3.96. The van der Waals surface area contributed by atoms with Crippen molar-refractivity contribution in [2.75, 3.05) is 11.6 Å². The maximum atomic E-state index is 11.4. The Morgan fingerprint density at radius 3 is 2.52 bits per heavy atom. The molecule has 0 unspecified atom stereocenters. The number of nitrogens with two attached hydrogens (primary N) is 1.